The average Bonchev–Trinajstić information content (AvgIpc) is 3.36. The third-order valence-corrected chi connectivity index (χ3v) is 3.64. The van der Waals surface area contributed by atoms with Gasteiger partial charge in [0.1, 0.15) is 17.2 Å². The highest BCUT2D eigenvalue weighted by atomic mass is 16.5. The van der Waals surface area contributed by atoms with E-state index in [0.717, 1.165) is 5.82 Å². The van der Waals surface area contributed by atoms with E-state index in [4.69, 9.17) is 8.94 Å². The lowest BCUT2D eigenvalue weighted by molar-refractivity contribution is 0.102. The van der Waals surface area contributed by atoms with E-state index in [-0.39, 0.29) is 17.2 Å². The first kappa shape index (κ1) is 14.9. The molecule has 0 aliphatic heterocycles. The van der Waals surface area contributed by atoms with Crippen molar-refractivity contribution in [3.8, 4) is 17.3 Å². The van der Waals surface area contributed by atoms with Crippen LogP contribution in [0.2, 0.25) is 0 Å². The lowest BCUT2D eigenvalue weighted by Crippen LogP contribution is -2.12. The third-order valence-electron chi connectivity index (χ3n) is 3.64. The summed E-state index contributed by atoms with van der Waals surface area (Å²) in [6.07, 6.45) is 7.95. The predicted octanol–water partition coefficient (Wildman–Crippen LogP) is 3.08. The predicted molar refractivity (Wildman–Crippen MR) is 88.3 cm³/mol. The van der Waals surface area contributed by atoms with Crippen LogP contribution in [-0.2, 0) is 0 Å². The smallest absolute Gasteiger partial charge is 0.261 e. The van der Waals surface area contributed by atoms with Crippen LogP contribution in [0.25, 0.3) is 17.3 Å². The summed E-state index contributed by atoms with van der Waals surface area (Å²) in [5.41, 5.74) is 0.836. The van der Waals surface area contributed by atoms with Gasteiger partial charge in [-0.3, -0.25) is 9.36 Å². The van der Waals surface area contributed by atoms with E-state index in [1.54, 1.807) is 36.7 Å². The molecule has 8 heteroatoms. The van der Waals surface area contributed by atoms with Crippen LogP contribution in [0.5, 0.6) is 0 Å². The molecule has 8 nitrogen and oxygen atoms in total. The Bertz CT molecular complexity index is 999. The van der Waals surface area contributed by atoms with Crippen molar-refractivity contribution in [2.75, 3.05) is 5.32 Å². The van der Waals surface area contributed by atoms with Gasteiger partial charge in [-0.25, -0.2) is 9.97 Å². The molecule has 4 heterocycles. The van der Waals surface area contributed by atoms with Crippen molar-refractivity contribution in [3.05, 3.63) is 66.7 Å². The van der Waals surface area contributed by atoms with E-state index < -0.39 is 0 Å². The largest absolute Gasteiger partial charge is 0.461 e. The zero-order chi connectivity index (χ0) is 17.2. The Morgan fingerprint density at radius 1 is 1.20 bits per heavy atom. The zero-order valence-corrected chi connectivity index (χ0v) is 13.2. The highest BCUT2D eigenvalue weighted by Gasteiger charge is 2.20. The Morgan fingerprint density at radius 3 is 2.80 bits per heavy atom. The lowest BCUT2D eigenvalue weighted by atomic mass is 10.2. The second-order valence-electron chi connectivity index (χ2n) is 5.25. The molecule has 0 bridgehead atoms. The van der Waals surface area contributed by atoms with Gasteiger partial charge in [0, 0.05) is 12.4 Å². The SMILES string of the molecule is Cc1nccn1-c1ccc(NC(=O)c2cnoc2-c2ccco2)cn1. The molecule has 0 aliphatic rings. The van der Waals surface area contributed by atoms with E-state index in [1.807, 2.05) is 17.7 Å². The molecule has 0 spiro atoms. The highest BCUT2D eigenvalue weighted by Crippen LogP contribution is 2.24. The molecule has 25 heavy (non-hydrogen) atoms. The topological polar surface area (TPSA) is 99.0 Å². The number of amides is 1. The summed E-state index contributed by atoms with van der Waals surface area (Å²) < 4.78 is 12.2. The molecule has 0 radical (unpaired) electrons. The second kappa shape index (κ2) is 6.08. The number of nitrogens with zero attached hydrogens (tertiary/aromatic N) is 4. The minimum atomic E-state index is -0.360. The summed E-state index contributed by atoms with van der Waals surface area (Å²) in [5, 5.41) is 6.44. The number of furan rings is 1. The average molecular weight is 335 g/mol. The van der Waals surface area contributed by atoms with Crippen LogP contribution in [0, 0.1) is 6.92 Å². The Hall–Kier alpha value is -3.68. The van der Waals surface area contributed by atoms with Crippen molar-refractivity contribution in [1.82, 2.24) is 19.7 Å². The number of anilines is 1. The van der Waals surface area contributed by atoms with Crippen LogP contribution in [-0.4, -0.2) is 25.6 Å². The minimum Gasteiger partial charge on any atom is -0.461 e. The minimum absolute atomic E-state index is 0.279. The lowest BCUT2D eigenvalue weighted by Gasteiger charge is -2.07. The van der Waals surface area contributed by atoms with Crippen LogP contribution in [0.4, 0.5) is 5.69 Å². The summed E-state index contributed by atoms with van der Waals surface area (Å²) in [5.74, 6) is 1.90. The van der Waals surface area contributed by atoms with E-state index in [2.05, 4.69) is 20.4 Å². The quantitative estimate of drug-likeness (QED) is 0.615. The first-order valence-corrected chi connectivity index (χ1v) is 7.48. The molecule has 1 N–H and O–H groups in total. The first-order valence-electron chi connectivity index (χ1n) is 7.48. The van der Waals surface area contributed by atoms with Crippen LogP contribution in [0.3, 0.4) is 0 Å². The number of pyridine rings is 1. The summed E-state index contributed by atoms with van der Waals surface area (Å²) in [4.78, 5) is 21.0. The molecule has 124 valence electrons. The number of carbonyl (C=O) groups excluding carboxylic acids is 1. The Kier molecular flexibility index (Phi) is 3.62. The molecule has 4 aromatic heterocycles. The molecule has 0 aromatic carbocycles. The van der Waals surface area contributed by atoms with Gasteiger partial charge in [0.05, 0.1) is 24.3 Å². The van der Waals surface area contributed by atoms with E-state index in [1.165, 1.54) is 12.5 Å². The molecular weight excluding hydrogens is 322 g/mol. The van der Waals surface area contributed by atoms with Crippen LogP contribution in [0.15, 0.2) is 64.3 Å². The maximum atomic E-state index is 12.5. The summed E-state index contributed by atoms with van der Waals surface area (Å²) >= 11 is 0. The van der Waals surface area contributed by atoms with Crippen LogP contribution in [0.1, 0.15) is 16.2 Å². The van der Waals surface area contributed by atoms with Gasteiger partial charge in [-0.1, -0.05) is 5.16 Å². The van der Waals surface area contributed by atoms with Crippen LogP contribution < -0.4 is 5.32 Å². The van der Waals surface area contributed by atoms with Gasteiger partial charge < -0.3 is 14.3 Å². The van der Waals surface area contributed by atoms with Gasteiger partial charge in [-0.05, 0) is 31.2 Å². The summed E-state index contributed by atoms with van der Waals surface area (Å²) in [7, 11) is 0. The highest BCUT2D eigenvalue weighted by molar-refractivity contribution is 6.07. The van der Waals surface area contributed by atoms with Crippen molar-refractivity contribution >= 4 is 11.6 Å². The maximum Gasteiger partial charge on any atom is 0.261 e. The number of aromatic nitrogens is 4. The van der Waals surface area contributed by atoms with E-state index in [0.29, 0.717) is 17.3 Å². The van der Waals surface area contributed by atoms with Gasteiger partial charge in [0.2, 0.25) is 5.76 Å². The number of nitrogens with one attached hydrogen (secondary N) is 1. The number of hydrogen-bond donors (Lipinski definition) is 1. The molecular formula is C17H13N5O3. The third kappa shape index (κ3) is 2.80. The molecule has 4 aromatic rings. The molecule has 0 saturated heterocycles. The van der Waals surface area contributed by atoms with Gasteiger partial charge >= 0.3 is 0 Å². The van der Waals surface area contributed by atoms with Gasteiger partial charge in [0.25, 0.3) is 5.91 Å². The van der Waals surface area contributed by atoms with Crippen LogP contribution >= 0.6 is 0 Å². The number of rotatable bonds is 4. The number of imidazole rings is 1. The number of aryl methyl sites for hydroxylation is 1. The monoisotopic (exact) mass is 335 g/mol. The van der Waals surface area contributed by atoms with Gasteiger partial charge in [-0.2, -0.15) is 0 Å². The number of carbonyl (C=O) groups is 1. The summed E-state index contributed by atoms with van der Waals surface area (Å²) in [6.45, 7) is 1.89. The van der Waals surface area contributed by atoms with Crippen molar-refractivity contribution in [2.45, 2.75) is 6.92 Å². The Morgan fingerprint density at radius 2 is 2.12 bits per heavy atom. The van der Waals surface area contributed by atoms with Gasteiger partial charge in [0.15, 0.2) is 5.76 Å². The fourth-order valence-corrected chi connectivity index (χ4v) is 2.41. The normalized spacial score (nSPS) is 10.8. The zero-order valence-electron chi connectivity index (χ0n) is 13.2. The maximum absolute atomic E-state index is 12.5. The molecule has 0 fully saturated rings. The van der Waals surface area contributed by atoms with Crippen molar-refractivity contribution in [1.29, 1.82) is 0 Å². The fraction of sp³-hybridized carbons (Fsp3) is 0.0588. The van der Waals surface area contributed by atoms with E-state index in [9.17, 15) is 4.79 Å². The molecule has 4 rings (SSSR count). The number of hydrogen-bond acceptors (Lipinski definition) is 6. The standard InChI is InChI=1S/C17H13N5O3/c1-11-18-6-7-22(11)15-5-4-12(9-19-15)21-17(23)13-10-20-25-16(13)14-3-2-8-24-14/h2-10H,1H3,(H,21,23). The Labute approximate surface area is 142 Å². The van der Waals surface area contributed by atoms with Crippen molar-refractivity contribution in [3.63, 3.8) is 0 Å². The molecule has 0 aliphatic carbocycles. The first-order chi connectivity index (χ1) is 12.2. The molecule has 0 atom stereocenters. The van der Waals surface area contributed by atoms with Gasteiger partial charge in [-0.15, -0.1) is 0 Å². The Balaban J connectivity index is 1.54. The molecule has 0 unspecified atom stereocenters. The molecule has 1 amide bonds. The van der Waals surface area contributed by atoms with E-state index >= 15 is 0 Å². The summed E-state index contributed by atoms with van der Waals surface area (Å²) in [6, 6.07) is 6.96. The molecule has 0 saturated carbocycles. The fourth-order valence-electron chi connectivity index (χ4n) is 2.41. The van der Waals surface area contributed by atoms with Crippen molar-refractivity contribution < 1.29 is 13.7 Å². The second-order valence-corrected chi connectivity index (χ2v) is 5.25. The van der Waals surface area contributed by atoms with Crippen molar-refractivity contribution in [2.24, 2.45) is 0 Å².